The van der Waals surface area contributed by atoms with Gasteiger partial charge in [0, 0.05) is 58.1 Å². The normalized spacial score (nSPS) is 11.2. The second kappa shape index (κ2) is 10.2. The molecule has 0 fully saturated rings. The summed E-state index contributed by atoms with van der Waals surface area (Å²) in [7, 11) is 3.70. The molecule has 0 radical (unpaired) electrons. The van der Waals surface area contributed by atoms with Gasteiger partial charge in [0.25, 0.3) is 0 Å². The van der Waals surface area contributed by atoms with E-state index in [1.165, 1.54) is 0 Å². The number of fused-ring (bicyclic) bond motifs is 1. The number of nitrogen functional groups attached to an aromatic ring is 1. The van der Waals surface area contributed by atoms with E-state index in [2.05, 4.69) is 25.3 Å². The molecule has 9 heteroatoms. The van der Waals surface area contributed by atoms with Crippen molar-refractivity contribution in [1.82, 2.24) is 24.8 Å². The Kier molecular flexibility index (Phi) is 6.68. The van der Waals surface area contributed by atoms with Crippen LogP contribution < -0.4 is 11.1 Å². The van der Waals surface area contributed by atoms with E-state index in [4.69, 9.17) is 11.1 Å². The van der Waals surface area contributed by atoms with E-state index in [0.717, 1.165) is 38.7 Å². The number of nitrogens with zero attached hydrogens (tertiary/aromatic N) is 4. The maximum absolute atomic E-state index is 12.3. The lowest BCUT2D eigenvalue weighted by atomic mass is 9.99. The van der Waals surface area contributed by atoms with Crippen LogP contribution in [-0.4, -0.2) is 57.1 Å². The molecule has 1 aromatic carbocycles. The first-order valence-electron chi connectivity index (χ1n) is 12.1. The molecule has 5 aromatic rings. The highest BCUT2D eigenvalue weighted by molar-refractivity contribution is 6.15. The molecule has 0 aliphatic carbocycles. The molecule has 0 aliphatic heterocycles. The Morgan fingerprint density at radius 2 is 1.87 bits per heavy atom. The van der Waals surface area contributed by atoms with Crippen LogP contribution in [0.1, 0.15) is 16.8 Å². The number of aromatic nitrogens is 4. The summed E-state index contributed by atoms with van der Waals surface area (Å²) in [5.41, 5.74) is 13.6. The van der Waals surface area contributed by atoms with Crippen molar-refractivity contribution in [2.45, 2.75) is 6.92 Å². The summed E-state index contributed by atoms with van der Waals surface area (Å²) in [6.07, 6.45) is 8.74. The number of nitrogens with two attached hydrogens (primary N) is 1. The summed E-state index contributed by atoms with van der Waals surface area (Å²) in [6, 6.07) is 13.5. The van der Waals surface area contributed by atoms with Crippen molar-refractivity contribution < 1.29 is 4.79 Å². The zero-order valence-corrected chi connectivity index (χ0v) is 21.4. The van der Waals surface area contributed by atoms with Crippen molar-refractivity contribution in [3.05, 3.63) is 90.3 Å². The molecule has 4 heterocycles. The Labute approximate surface area is 220 Å². The van der Waals surface area contributed by atoms with Crippen molar-refractivity contribution in [3.8, 4) is 22.3 Å². The molecule has 38 heavy (non-hydrogen) atoms. The minimum absolute atomic E-state index is 0.0941. The van der Waals surface area contributed by atoms with E-state index in [9.17, 15) is 4.79 Å². The molecule has 0 unspecified atom stereocenters. The molecule has 9 nitrogen and oxygen atoms in total. The smallest absolute Gasteiger partial charge is 0.238 e. The number of benzene rings is 1. The summed E-state index contributed by atoms with van der Waals surface area (Å²) in [5.74, 6) is 0.165. The number of hydrogen-bond acceptors (Lipinski definition) is 7. The van der Waals surface area contributed by atoms with Crippen LogP contribution >= 0.6 is 0 Å². The van der Waals surface area contributed by atoms with Gasteiger partial charge in [0.15, 0.2) is 0 Å². The highest BCUT2D eigenvalue weighted by Crippen LogP contribution is 2.30. The molecule has 5 rings (SSSR count). The van der Waals surface area contributed by atoms with Crippen LogP contribution in [0.25, 0.3) is 33.2 Å². The average Bonchev–Trinajstić information content (AvgIpc) is 3.33. The largest absolute Gasteiger partial charge is 0.383 e. The molecule has 0 saturated carbocycles. The number of likely N-dealkylation sites (N-methyl/N-ethyl adjacent to an activating group) is 1. The summed E-state index contributed by atoms with van der Waals surface area (Å²) < 4.78 is 0. The molecular formula is C29H28N8O. The lowest BCUT2D eigenvalue weighted by Crippen LogP contribution is -2.27. The van der Waals surface area contributed by atoms with E-state index in [-0.39, 0.29) is 24.0 Å². The zero-order chi connectivity index (χ0) is 26.8. The van der Waals surface area contributed by atoms with Gasteiger partial charge in [0.2, 0.25) is 5.91 Å². The Balaban J connectivity index is 1.50. The fourth-order valence-electron chi connectivity index (χ4n) is 4.43. The predicted molar refractivity (Wildman–Crippen MR) is 151 cm³/mol. The maximum Gasteiger partial charge on any atom is 0.238 e. The van der Waals surface area contributed by atoms with Crippen LogP contribution in [-0.2, 0) is 4.79 Å². The number of carbonyl (C=O) groups is 1. The minimum atomic E-state index is -0.0941. The van der Waals surface area contributed by atoms with E-state index < -0.39 is 0 Å². The van der Waals surface area contributed by atoms with Crippen molar-refractivity contribution >= 4 is 34.0 Å². The van der Waals surface area contributed by atoms with Crippen LogP contribution in [0.5, 0.6) is 0 Å². The van der Waals surface area contributed by atoms with Gasteiger partial charge in [-0.15, -0.1) is 0 Å². The van der Waals surface area contributed by atoms with Crippen LogP contribution in [0.15, 0.2) is 73.4 Å². The molecule has 1 amide bonds. The van der Waals surface area contributed by atoms with E-state index in [1.807, 2.05) is 68.4 Å². The summed E-state index contributed by atoms with van der Waals surface area (Å²) >= 11 is 0. The molecule has 5 N–H and O–H groups in total. The number of amides is 1. The van der Waals surface area contributed by atoms with E-state index >= 15 is 0 Å². The highest BCUT2D eigenvalue weighted by Gasteiger charge is 2.16. The van der Waals surface area contributed by atoms with Crippen molar-refractivity contribution in [2.75, 3.05) is 31.7 Å². The third kappa shape index (κ3) is 5.14. The average molecular weight is 505 g/mol. The Hall–Kier alpha value is -4.89. The molecule has 0 aliphatic rings. The number of pyridine rings is 3. The Bertz CT molecular complexity index is 1660. The van der Waals surface area contributed by atoms with Gasteiger partial charge in [-0.1, -0.05) is 12.1 Å². The quantitative estimate of drug-likeness (QED) is 0.241. The van der Waals surface area contributed by atoms with E-state index in [1.54, 1.807) is 31.0 Å². The Morgan fingerprint density at radius 3 is 2.63 bits per heavy atom. The van der Waals surface area contributed by atoms with Gasteiger partial charge in [-0.25, -0.2) is 4.98 Å². The molecule has 0 bridgehead atoms. The summed E-state index contributed by atoms with van der Waals surface area (Å²) in [6.45, 7) is 2.26. The van der Waals surface area contributed by atoms with Gasteiger partial charge >= 0.3 is 0 Å². The summed E-state index contributed by atoms with van der Waals surface area (Å²) in [4.78, 5) is 30.4. The van der Waals surface area contributed by atoms with Gasteiger partial charge in [0.1, 0.15) is 5.82 Å². The second-order valence-electron chi connectivity index (χ2n) is 9.48. The molecule has 0 saturated heterocycles. The first-order chi connectivity index (χ1) is 18.3. The van der Waals surface area contributed by atoms with Crippen molar-refractivity contribution in [1.29, 1.82) is 5.41 Å². The number of aromatic amines is 1. The monoisotopic (exact) mass is 504 g/mol. The molecule has 0 spiro atoms. The first-order valence-corrected chi connectivity index (χ1v) is 12.1. The number of aryl methyl sites for hydroxylation is 1. The number of anilines is 2. The maximum atomic E-state index is 12.3. The first kappa shape index (κ1) is 24.8. The van der Waals surface area contributed by atoms with Crippen LogP contribution in [0.3, 0.4) is 0 Å². The third-order valence-electron chi connectivity index (χ3n) is 6.13. The Morgan fingerprint density at radius 1 is 1.03 bits per heavy atom. The second-order valence-corrected chi connectivity index (χ2v) is 9.48. The summed E-state index contributed by atoms with van der Waals surface area (Å²) in [5, 5.41) is 12.9. The van der Waals surface area contributed by atoms with Crippen LogP contribution in [0.4, 0.5) is 11.5 Å². The van der Waals surface area contributed by atoms with Crippen molar-refractivity contribution in [2.24, 2.45) is 0 Å². The molecular weight excluding hydrogens is 476 g/mol. The third-order valence-corrected chi connectivity index (χ3v) is 6.13. The number of nitrogens with one attached hydrogen (secondary N) is 3. The van der Waals surface area contributed by atoms with Gasteiger partial charge in [-0.2, -0.15) is 0 Å². The van der Waals surface area contributed by atoms with Gasteiger partial charge in [-0.05, 0) is 62.5 Å². The van der Waals surface area contributed by atoms with Gasteiger partial charge in [-0.3, -0.25) is 20.2 Å². The highest BCUT2D eigenvalue weighted by atomic mass is 16.2. The topological polar surface area (TPSA) is 137 Å². The number of hydrogen-bond donors (Lipinski definition) is 4. The van der Waals surface area contributed by atoms with Gasteiger partial charge in [0.05, 0.1) is 29.7 Å². The fourth-order valence-corrected chi connectivity index (χ4v) is 4.43. The standard InChI is InChI=1S/C29H28N8O/c1-17-7-19(9-21(8-17)35-27(38)16-37(2)3)20-10-23(29(31)34-13-20)28(30)25-11-22-24(14-33-15-26(22)36-25)18-5-4-6-32-12-18/h4-15,30,36H,16H2,1-3H3,(H2,31,34)(H,35,38). The number of H-pyrrole nitrogens is 1. The molecule has 4 aromatic heterocycles. The van der Waals surface area contributed by atoms with Crippen LogP contribution in [0.2, 0.25) is 0 Å². The fraction of sp³-hybridized carbons (Fsp3) is 0.138. The zero-order valence-electron chi connectivity index (χ0n) is 21.4. The minimum Gasteiger partial charge on any atom is -0.383 e. The van der Waals surface area contributed by atoms with Crippen LogP contribution in [0, 0.1) is 12.3 Å². The molecule has 190 valence electrons. The predicted octanol–water partition coefficient (Wildman–Crippen LogP) is 4.49. The SMILES string of the molecule is Cc1cc(NC(=O)CN(C)C)cc(-c2cnc(N)c(C(=N)c3cc4c(-c5cccnc5)cncc4[nH]3)c2)c1. The van der Waals surface area contributed by atoms with E-state index in [0.29, 0.717) is 16.9 Å². The molecule has 0 atom stereocenters. The number of rotatable bonds is 7. The lowest BCUT2D eigenvalue weighted by Gasteiger charge is -2.13. The van der Waals surface area contributed by atoms with Gasteiger partial charge < -0.3 is 20.9 Å². The lowest BCUT2D eigenvalue weighted by molar-refractivity contribution is -0.116. The van der Waals surface area contributed by atoms with Crippen molar-refractivity contribution in [3.63, 3.8) is 0 Å². The number of carbonyl (C=O) groups excluding carboxylic acids is 1.